The zero-order valence-corrected chi connectivity index (χ0v) is 17.5. The maximum Gasteiger partial charge on any atom is 0.338 e. The highest BCUT2D eigenvalue weighted by atomic mass is 35.5. The third kappa shape index (κ3) is 4.89. The van der Waals surface area contributed by atoms with Crippen LogP contribution in [0.1, 0.15) is 30.6 Å². The number of carbonyl (C=O) groups excluding carboxylic acids is 3. The monoisotopic (exact) mass is 434 g/mol. The van der Waals surface area contributed by atoms with Crippen LogP contribution in [0.3, 0.4) is 0 Å². The van der Waals surface area contributed by atoms with E-state index < -0.39 is 11.9 Å². The summed E-state index contributed by atoms with van der Waals surface area (Å²) in [5.74, 6) is -1.42. The molecule has 3 rings (SSSR count). The predicted molar refractivity (Wildman–Crippen MR) is 113 cm³/mol. The average Bonchev–Trinajstić information content (AvgIpc) is 3.05. The maximum absolute atomic E-state index is 12.6. The van der Waals surface area contributed by atoms with E-state index in [9.17, 15) is 14.4 Å². The minimum absolute atomic E-state index is 0.0769. The van der Waals surface area contributed by atoms with Gasteiger partial charge in [-0.3, -0.25) is 9.59 Å². The van der Waals surface area contributed by atoms with Gasteiger partial charge in [0.15, 0.2) is 0 Å². The molecule has 2 aromatic rings. The molecule has 1 fully saturated rings. The van der Waals surface area contributed by atoms with Crippen LogP contribution in [-0.4, -0.2) is 30.4 Å². The van der Waals surface area contributed by atoms with Crippen molar-refractivity contribution in [2.24, 2.45) is 5.92 Å². The number of rotatable bonds is 5. The molecule has 6 nitrogen and oxygen atoms in total. The van der Waals surface area contributed by atoms with E-state index >= 15 is 0 Å². The van der Waals surface area contributed by atoms with Crippen LogP contribution in [0.25, 0.3) is 0 Å². The molecule has 0 aliphatic carbocycles. The van der Waals surface area contributed by atoms with Crippen molar-refractivity contribution in [1.29, 1.82) is 0 Å². The standard InChI is InChI=1S/C21H20Cl2N2O4/c1-12(2)29-21(28)13-6-8-15(9-7-13)24-20(27)14-10-18(26)25(11-14)17-5-3-4-16(22)19(17)23/h3-9,12,14H,10-11H2,1-2H3,(H,24,27)/t14-/m0/s1. The number of anilines is 2. The first-order chi connectivity index (χ1) is 13.8. The third-order valence-electron chi connectivity index (χ3n) is 4.45. The number of hydrogen-bond donors (Lipinski definition) is 1. The van der Waals surface area contributed by atoms with E-state index in [1.54, 1.807) is 56.3 Å². The Labute approximate surface area is 178 Å². The summed E-state index contributed by atoms with van der Waals surface area (Å²) in [4.78, 5) is 38.4. The molecule has 152 valence electrons. The van der Waals surface area contributed by atoms with E-state index in [4.69, 9.17) is 27.9 Å². The number of benzene rings is 2. The number of carbonyl (C=O) groups is 3. The number of halogens is 2. The minimum Gasteiger partial charge on any atom is -0.459 e. The molecule has 1 aliphatic rings. The summed E-state index contributed by atoms with van der Waals surface area (Å²) in [6.45, 7) is 3.76. The van der Waals surface area contributed by atoms with Crippen molar-refractivity contribution < 1.29 is 19.1 Å². The van der Waals surface area contributed by atoms with Crippen LogP contribution in [-0.2, 0) is 14.3 Å². The Morgan fingerprint density at radius 2 is 1.83 bits per heavy atom. The summed E-state index contributed by atoms with van der Waals surface area (Å²) in [7, 11) is 0. The van der Waals surface area contributed by atoms with Crippen LogP contribution >= 0.6 is 23.2 Å². The van der Waals surface area contributed by atoms with Gasteiger partial charge < -0.3 is 15.0 Å². The Kier molecular flexibility index (Phi) is 6.45. The van der Waals surface area contributed by atoms with Crippen molar-refractivity contribution in [3.8, 4) is 0 Å². The lowest BCUT2D eigenvalue weighted by molar-refractivity contribution is -0.122. The summed E-state index contributed by atoms with van der Waals surface area (Å²) < 4.78 is 5.13. The van der Waals surface area contributed by atoms with E-state index in [1.165, 1.54) is 4.90 Å². The van der Waals surface area contributed by atoms with Gasteiger partial charge in [0.2, 0.25) is 11.8 Å². The molecule has 1 aliphatic heterocycles. The molecule has 0 aromatic heterocycles. The number of esters is 1. The summed E-state index contributed by atoms with van der Waals surface area (Å²) in [5.41, 5.74) is 1.42. The van der Waals surface area contributed by atoms with Gasteiger partial charge >= 0.3 is 5.97 Å². The first kappa shape index (κ1) is 21.1. The summed E-state index contributed by atoms with van der Waals surface area (Å²) in [6, 6.07) is 11.4. The van der Waals surface area contributed by atoms with Gasteiger partial charge in [0.1, 0.15) is 0 Å². The molecule has 1 atom stereocenters. The molecular weight excluding hydrogens is 415 g/mol. The third-order valence-corrected chi connectivity index (χ3v) is 5.26. The Morgan fingerprint density at radius 3 is 2.48 bits per heavy atom. The first-order valence-corrected chi connectivity index (χ1v) is 9.88. The molecule has 2 aromatic carbocycles. The summed E-state index contributed by atoms with van der Waals surface area (Å²) in [5, 5.41) is 3.41. The molecule has 0 saturated carbocycles. The Morgan fingerprint density at radius 1 is 1.14 bits per heavy atom. The fraction of sp³-hybridized carbons (Fsp3) is 0.286. The van der Waals surface area contributed by atoms with E-state index in [1.807, 2.05) is 0 Å². The van der Waals surface area contributed by atoms with Crippen LogP contribution in [0, 0.1) is 5.92 Å². The second-order valence-corrected chi connectivity index (χ2v) is 7.78. The van der Waals surface area contributed by atoms with Gasteiger partial charge in [-0.2, -0.15) is 0 Å². The second kappa shape index (κ2) is 8.84. The fourth-order valence-corrected chi connectivity index (χ4v) is 3.43. The summed E-state index contributed by atoms with van der Waals surface area (Å²) in [6.07, 6.45) is -0.134. The Balaban J connectivity index is 1.65. The Bertz CT molecular complexity index is 944. The van der Waals surface area contributed by atoms with Crippen molar-refractivity contribution in [1.82, 2.24) is 0 Å². The lowest BCUT2D eigenvalue weighted by Gasteiger charge is -2.18. The predicted octanol–water partition coefficient (Wildman–Crippen LogP) is 4.55. The van der Waals surface area contributed by atoms with Crippen molar-refractivity contribution in [2.45, 2.75) is 26.4 Å². The van der Waals surface area contributed by atoms with Gasteiger partial charge in [-0.05, 0) is 50.2 Å². The fourth-order valence-electron chi connectivity index (χ4n) is 3.03. The Hall–Kier alpha value is -2.57. The van der Waals surface area contributed by atoms with Gasteiger partial charge in [-0.1, -0.05) is 29.3 Å². The molecule has 0 radical (unpaired) electrons. The van der Waals surface area contributed by atoms with E-state index in [-0.39, 0.29) is 35.9 Å². The number of nitrogens with zero attached hydrogens (tertiary/aromatic N) is 1. The topological polar surface area (TPSA) is 75.7 Å². The van der Waals surface area contributed by atoms with E-state index in [2.05, 4.69) is 5.32 Å². The van der Waals surface area contributed by atoms with Crippen LogP contribution in [0.4, 0.5) is 11.4 Å². The molecule has 29 heavy (non-hydrogen) atoms. The first-order valence-electron chi connectivity index (χ1n) is 9.12. The lowest BCUT2D eigenvalue weighted by Crippen LogP contribution is -2.28. The van der Waals surface area contributed by atoms with Gasteiger partial charge in [0, 0.05) is 18.7 Å². The van der Waals surface area contributed by atoms with Crippen molar-refractivity contribution in [3.05, 3.63) is 58.1 Å². The van der Waals surface area contributed by atoms with Crippen molar-refractivity contribution >= 4 is 52.4 Å². The quantitative estimate of drug-likeness (QED) is 0.700. The highest BCUT2D eigenvalue weighted by molar-refractivity contribution is 6.44. The highest BCUT2D eigenvalue weighted by Crippen LogP contribution is 2.35. The SMILES string of the molecule is CC(C)OC(=O)c1ccc(NC(=O)[C@H]2CC(=O)N(c3cccc(Cl)c3Cl)C2)cc1. The molecule has 0 bridgehead atoms. The lowest BCUT2D eigenvalue weighted by atomic mass is 10.1. The van der Waals surface area contributed by atoms with E-state index in [0.29, 0.717) is 22.0 Å². The number of nitrogens with one attached hydrogen (secondary N) is 1. The molecule has 2 amide bonds. The van der Waals surface area contributed by atoms with E-state index in [0.717, 1.165) is 0 Å². The van der Waals surface area contributed by atoms with Gasteiger partial charge in [0.25, 0.3) is 0 Å². The summed E-state index contributed by atoms with van der Waals surface area (Å²) >= 11 is 12.2. The molecule has 8 heteroatoms. The number of hydrogen-bond acceptors (Lipinski definition) is 4. The molecule has 1 heterocycles. The van der Waals surface area contributed by atoms with Crippen LogP contribution < -0.4 is 10.2 Å². The number of amides is 2. The second-order valence-electron chi connectivity index (χ2n) is 7.00. The zero-order valence-electron chi connectivity index (χ0n) is 15.9. The molecule has 1 saturated heterocycles. The van der Waals surface area contributed by atoms with Gasteiger partial charge in [-0.15, -0.1) is 0 Å². The van der Waals surface area contributed by atoms with Gasteiger partial charge in [-0.25, -0.2) is 4.79 Å². The normalized spacial score (nSPS) is 16.2. The highest BCUT2D eigenvalue weighted by Gasteiger charge is 2.36. The smallest absolute Gasteiger partial charge is 0.338 e. The molecular formula is C21H20Cl2N2O4. The van der Waals surface area contributed by atoms with Crippen LogP contribution in [0.15, 0.2) is 42.5 Å². The van der Waals surface area contributed by atoms with Crippen LogP contribution in [0.5, 0.6) is 0 Å². The average molecular weight is 435 g/mol. The van der Waals surface area contributed by atoms with Crippen LogP contribution in [0.2, 0.25) is 10.0 Å². The number of ether oxygens (including phenoxy) is 1. The van der Waals surface area contributed by atoms with Gasteiger partial charge in [0.05, 0.1) is 33.3 Å². The minimum atomic E-state index is -0.525. The molecule has 1 N–H and O–H groups in total. The van der Waals surface area contributed by atoms with Crippen molar-refractivity contribution in [2.75, 3.05) is 16.8 Å². The largest absolute Gasteiger partial charge is 0.459 e. The molecule has 0 spiro atoms. The zero-order chi connectivity index (χ0) is 21.1. The van der Waals surface area contributed by atoms with Crippen molar-refractivity contribution in [3.63, 3.8) is 0 Å². The maximum atomic E-state index is 12.6. The molecule has 0 unspecified atom stereocenters.